The Bertz CT molecular complexity index is 1140. The number of halogens is 1. The van der Waals surface area contributed by atoms with Crippen LogP contribution in [0.1, 0.15) is 17.3 Å². The van der Waals surface area contributed by atoms with Gasteiger partial charge in [-0.1, -0.05) is 34.8 Å². The van der Waals surface area contributed by atoms with Crippen molar-refractivity contribution in [3.05, 3.63) is 46.7 Å². The molecule has 0 saturated carbocycles. The highest BCUT2D eigenvalue weighted by Crippen LogP contribution is 2.28. The third-order valence-electron chi connectivity index (χ3n) is 6.90. The SMILES string of the molecule is Cc1c[n+]2c(n1CCN1CCN(Cc3ccccc3Cl)CC1)N=C1C2C(=O)N(C)C(=O)N1C. The van der Waals surface area contributed by atoms with Gasteiger partial charge >= 0.3 is 12.0 Å². The first-order chi connectivity index (χ1) is 15.8. The van der Waals surface area contributed by atoms with Crippen LogP contribution < -0.4 is 4.57 Å². The summed E-state index contributed by atoms with van der Waals surface area (Å²) in [6.45, 7) is 8.59. The number of fused-ring (bicyclic) bond motifs is 3. The summed E-state index contributed by atoms with van der Waals surface area (Å²) in [7, 11) is 3.19. The van der Waals surface area contributed by atoms with Crippen molar-refractivity contribution in [1.29, 1.82) is 0 Å². The number of rotatable bonds is 5. The first kappa shape index (κ1) is 22.1. The van der Waals surface area contributed by atoms with Gasteiger partial charge in [0.1, 0.15) is 11.9 Å². The largest absolute Gasteiger partial charge is 0.401 e. The van der Waals surface area contributed by atoms with Gasteiger partial charge in [-0.25, -0.2) is 13.9 Å². The quantitative estimate of drug-likeness (QED) is 0.623. The number of amidine groups is 1. The lowest BCUT2D eigenvalue weighted by Crippen LogP contribution is -2.61. The molecule has 0 N–H and O–H groups in total. The molecule has 4 heterocycles. The van der Waals surface area contributed by atoms with E-state index in [0.717, 1.165) is 62.5 Å². The van der Waals surface area contributed by atoms with E-state index < -0.39 is 6.04 Å². The van der Waals surface area contributed by atoms with Crippen molar-refractivity contribution in [3.63, 3.8) is 0 Å². The van der Waals surface area contributed by atoms with Crippen molar-refractivity contribution < 1.29 is 14.2 Å². The molecule has 1 aromatic carbocycles. The van der Waals surface area contributed by atoms with Crippen molar-refractivity contribution in [2.45, 2.75) is 26.1 Å². The molecule has 3 amide bonds. The molecule has 3 aliphatic heterocycles. The third-order valence-corrected chi connectivity index (χ3v) is 7.27. The van der Waals surface area contributed by atoms with Crippen LogP contribution in [-0.2, 0) is 17.9 Å². The Morgan fingerprint density at radius 3 is 2.45 bits per heavy atom. The van der Waals surface area contributed by atoms with E-state index in [1.165, 1.54) is 22.4 Å². The van der Waals surface area contributed by atoms with E-state index in [1.54, 1.807) is 7.05 Å². The summed E-state index contributed by atoms with van der Waals surface area (Å²) in [5, 5.41) is 0.827. The fourth-order valence-electron chi connectivity index (χ4n) is 4.87. The summed E-state index contributed by atoms with van der Waals surface area (Å²) >= 11 is 6.32. The number of amides is 3. The maximum atomic E-state index is 12.8. The zero-order chi connectivity index (χ0) is 23.3. The van der Waals surface area contributed by atoms with Gasteiger partial charge in [0.25, 0.3) is 5.91 Å². The zero-order valence-electron chi connectivity index (χ0n) is 19.2. The number of aliphatic imine (C=N–C) groups is 1. The Kier molecular flexibility index (Phi) is 5.72. The van der Waals surface area contributed by atoms with E-state index in [2.05, 4.69) is 20.4 Å². The fraction of sp³-hybridized carbons (Fsp3) is 0.478. The van der Waals surface area contributed by atoms with Crippen LogP contribution in [0.4, 0.5) is 10.7 Å². The summed E-state index contributed by atoms with van der Waals surface area (Å²) in [6, 6.07) is 7.12. The van der Waals surface area contributed by atoms with Crippen LogP contribution in [0.5, 0.6) is 0 Å². The summed E-state index contributed by atoms with van der Waals surface area (Å²) in [4.78, 5) is 37.3. The molecular weight excluding hydrogens is 442 g/mol. The molecule has 0 radical (unpaired) electrons. The van der Waals surface area contributed by atoms with Gasteiger partial charge in [-0.05, 0) is 18.6 Å². The molecule has 2 aromatic rings. The number of likely N-dealkylation sites (N-methyl/N-ethyl adjacent to an activating group) is 2. The summed E-state index contributed by atoms with van der Waals surface area (Å²) < 4.78 is 4.04. The topological polar surface area (TPSA) is 68.3 Å². The number of aryl methyl sites for hydroxylation is 1. The highest BCUT2D eigenvalue weighted by Gasteiger charge is 2.52. The number of hydrogen-bond acceptors (Lipinski definition) is 5. The highest BCUT2D eigenvalue weighted by atomic mass is 35.5. The maximum absolute atomic E-state index is 12.8. The number of piperazine rings is 1. The van der Waals surface area contributed by atoms with Crippen LogP contribution in [0.3, 0.4) is 0 Å². The Labute approximate surface area is 198 Å². The molecular formula is C23H29ClN7O2+. The molecule has 0 aliphatic carbocycles. The molecule has 10 heteroatoms. The average Bonchev–Trinajstić information content (AvgIpc) is 3.32. The van der Waals surface area contributed by atoms with E-state index in [1.807, 2.05) is 35.9 Å². The van der Waals surface area contributed by atoms with Crippen molar-refractivity contribution in [3.8, 4) is 0 Å². The molecule has 33 heavy (non-hydrogen) atoms. The molecule has 1 atom stereocenters. The summed E-state index contributed by atoms with van der Waals surface area (Å²) in [5.74, 6) is 0.987. The Morgan fingerprint density at radius 1 is 1.03 bits per heavy atom. The first-order valence-electron chi connectivity index (χ1n) is 11.3. The molecule has 2 saturated heterocycles. The van der Waals surface area contributed by atoms with Crippen LogP contribution in [0.15, 0.2) is 35.5 Å². The Balaban J connectivity index is 1.23. The van der Waals surface area contributed by atoms with Gasteiger partial charge in [-0.3, -0.25) is 24.4 Å². The van der Waals surface area contributed by atoms with Gasteiger partial charge in [0.2, 0.25) is 11.9 Å². The van der Waals surface area contributed by atoms with Crippen molar-refractivity contribution in [1.82, 2.24) is 24.2 Å². The second kappa shape index (κ2) is 8.55. The minimum absolute atomic E-state index is 0.243. The minimum Gasteiger partial charge on any atom is -0.298 e. The molecule has 174 valence electrons. The molecule has 1 aromatic heterocycles. The number of carbonyl (C=O) groups excluding carboxylic acids is 2. The molecule has 1 unspecified atom stereocenters. The summed E-state index contributed by atoms with van der Waals surface area (Å²) in [6.07, 6.45) is 1.97. The third kappa shape index (κ3) is 3.84. The lowest BCUT2D eigenvalue weighted by molar-refractivity contribution is -0.677. The normalized spacial score (nSPS) is 21.5. The van der Waals surface area contributed by atoms with E-state index in [0.29, 0.717) is 5.84 Å². The van der Waals surface area contributed by atoms with E-state index >= 15 is 0 Å². The predicted molar refractivity (Wildman–Crippen MR) is 125 cm³/mol. The van der Waals surface area contributed by atoms with E-state index in [-0.39, 0.29) is 11.9 Å². The Hall–Kier alpha value is -2.75. The van der Waals surface area contributed by atoms with Crippen LogP contribution in [-0.4, -0.2) is 88.8 Å². The second-order valence-corrected chi connectivity index (χ2v) is 9.36. The highest BCUT2D eigenvalue weighted by molar-refractivity contribution is 6.31. The van der Waals surface area contributed by atoms with Gasteiger partial charge in [0.05, 0.1) is 6.54 Å². The van der Waals surface area contributed by atoms with Crippen LogP contribution in [0.2, 0.25) is 5.02 Å². The molecule has 3 aliphatic rings. The van der Waals surface area contributed by atoms with E-state index in [4.69, 9.17) is 16.6 Å². The summed E-state index contributed by atoms with van der Waals surface area (Å²) in [5.41, 5.74) is 2.23. The first-order valence-corrected chi connectivity index (χ1v) is 11.7. The van der Waals surface area contributed by atoms with Gasteiger partial charge in [0.15, 0.2) is 0 Å². The average molecular weight is 471 g/mol. The second-order valence-electron chi connectivity index (χ2n) is 8.95. The number of nitrogens with zero attached hydrogens (tertiary/aromatic N) is 7. The van der Waals surface area contributed by atoms with E-state index in [9.17, 15) is 9.59 Å². The number of imide groups is 1. The molecule has 9 nitrogen and oxygen atoms in total. The van der Waals surface area contributed by atoms with Gasteiger partial charge in [0, 0.05) is 58.4 Å². The zero-order valence-corrected chi connectivity index (χ0v) is 20.0. The van der Waals surface area contributed by atoms with Gasteiger partial charge in [-0.15, -0.1) is 0 Å². The van der Waals surface area contributed by atoms with Gasteiger partial charge < -0.3 is 0 Å². The number of urea groups is 1. The minimum atomic E-state index is -0.569. The van der Waals surface area contributed by atoms with Gasteiger partial charge in [-0.2, -0.15) is 0 Å². The van der Waals surface area contributed by atoms with Crippen LogP contribution in [0, 0.1) is 6.92 Å². The van der Waals surface area contributed by atoms with Crippen LogP contribution >= 0.6 is 11.6 Å². The molecule has 0 bridgehead atoms. The number of imidazole rings is 1. The maximum Gasteiger partial charge on any atom is 0.401 e. The molecule has 5 rings (SSSR count). The number of hydrogen-bond donors (Lipinski definition) is 0. The smallest absolute Gasteiger partial charge is 0.298 e. The monoisotopic (exact) mass is 470 g/mol. The fourth-order valence-corrected chi connectivity index (χ4v) is 5.06. The molecule has 0 spiro atoms. The Morgan fingerprint density at radius 2 is 1.73 bits per heavy atom. The lowest BCUT2D eigenvalue weighted by atomic mass is 10.2. The van der Waals surface area contributed by atoms with Crippen LogP contribution in [0.25, 0.3) is 0 Å². The predicted octanol–water partition coefficient (Wildman–Crippen LogP) is 1.66. The lowest BCUT2D eigenvalue weighted by Gasteiger charge is -2.34. The van der Waals surface area contributed by atoms with Crippen molar-refractivity contribution in [2.75, 3.05) is 46.8 Å². The number of aromatic nitrogens is 2. The number of benzene rings is 1. The number of carbonyl (C=O) groups is 2. The molecule has 2 fully saturated rings. The standard InChI is InChI=1S/C23H29ClN7O2/c1-16-14-31-19-20(26(2)23(33)27(3)21(19)32)25-22(31)30(16)13-12-28-8-10-29(11-9-28)15-17-6-4-5-7-18(17)24/h4-7,14,19H,8-13,15H2,1-3H3/q+1. The van der Waals surface area contributed by atoms with Crippen molar-refractivity contribution >= 4 is 35.3 Å². The van der Waals surface area contributed by atoms with Crippen molar-refractivity contribution in [2.24, 2.45) is 4.99 Å².